The van der Waals surface area contributed by atoms with Crippen LogP contribution in [0.2, 0.25) is 0 Å². The molecule has 2 aromatic rings. The molecule has 0 saturated carbocycles. The number of nitrogens with one attached hydrogen (secondary N) is 2. The molecule has 2 N–H and O–H groups in total. The number of hydrogen-bond donors (Lipinski definition) is 2. The predicted octanol–water partition coefficient (Wildman–Crippen LogP) is 2.96. The summed E-state index contributed by atoms with van der Waals surface area (Å²) >= 11 is 0. The van der Waals surface area contributed by atoms with E-state index in [1.54, 1.807) is 12.1 Å². The van der Waals surface area contributed by atoms with Gasteiger partial charge in [-0.3, -0.25) is 5.10 Å². The Morgan fingerprint density at radius 1 is 1.12 bits per heavy atom. The van der Waals surface area contributed by atoms with Gasteiger partial charge in [0.05, 0.1) is 5.69 Å². The summed E-state index contributed by atoms with van der Waals surface area (Å²) in [5, 5.41) is 10.6. The van der Waals surface area contributed by atoms with Gasteiger partial charge in [-0.1, -0.05) is 0 Å². The van der Waals surface area contributed by atoms with Gasteiger partial charge in [0.1, 0.15) is 5.82 Å². The molecular formula is C13H14FN3. The number of fused-ring (bicyclic) bond motifs is 1. The van der Waals surface area contributed by atoms with Crippen molar-refractivity contribution in [3.63, 3.8) is 0 Å². The zero-order chi connectivity index (χ0) is 11.7. The van der Waals surface area contributed by atoms with Crippen molar-refractivity contribution in [2.24, 2.45) is 0 Å². The van der Waals surface area contributed by atoms with Crippen LogP contribution in [0.3, 0.4) is 0 Å². The molecule has 0 unspecified atom stereocenters. The summed E-state index contributed by atoms with van der Waals surface area (Å²) in [6.45, 7) is 0.973. The highest BCUT2D eigenvalue weighted by molar-refractivity contribution is 5.69. The third-order valence-corrected chi connectivity index (χ3v) is 3.15. The van der Waals surface area contributed by atoms with E-state index in [0.29, 0.717) is 0 Å². The van der Waals surface area contributed by atoms with Crippen LogP contribution in [0.25, 0.3) is 11.3 Å². The first kappa shape index (κ1) is 10.3. The molecule has 0 spiro atoms. The molecular weight excluding hydrogens is 217 g/mol. The van der Waals surface area contributed by atoms with Crippen LogP contribution in [0, 0.1) is 5.82 Å². The van der Waals surface area contributed by atoms with Crippen LogP contribution in [-0.4, -0.2) is 16.7 Å². The number of rotatable bonds is 1. The van der Waals surface area contributed by atoms with E-state index in [2.05, 4.69) is 15.5 Å². The van der Waals surface area contributed by atoms with Crippen LogP contribution in [0.5, 0.6) is 0 Å². The Labute approximate surface area is 99.1 Å². The number of hydrogen-bond acceptors (Lipinski definition) is 2. The Morgan fingerprint density at radius 2 is 1.94 bits per heavy atom. The minimum Gasteiger partial charge on any atom is -0.368 e. The average molecular weight is 231 g/mol. The van der Waals surface area contributed by atoms with E-state index in [4.69, 9.17) is 0 Å². The van der Waals surface area contributed by atoms with Crippen LogP contribution in [0.1, 0.15) is 18.4 Å². The Hall–Kier alpha value is -1.84. The summed E-state index contributed by atoms with van der Waals surface area (Å²) in [4.78, 5) is 0. The van der Waals surface area contributed by atoms with Crippen molar-refractivity contribution >= 4 is 5.82 Å². The lowest BCUT2D eigenvalue weighted by molar-refractivity contribution is 0.628. The molecule has 0 amide bonds. The molecule has 1 aromatic carbocycles. The highest BCUT2D eigenvalue weighted by atomic mass is 19.1. The van der Waals surface area contributed by atoms with Crippen molar-refractivity contribution in [1.82, 2.24) is 10.2 Å². The average Bonchev–Trinajstić information content (AvgIpc) is 2.60. The van der Waals surface area contributed by atoms with E-state index in [9.17, 15) is 4.39 Å². The summed E-state index contributed by atoms with van der Waals surface area (Å²) in [6.07, 6.45) is 3.35. The van der Waals surface area contributed by atoms with Gasteiger partial charge in [-0.25, -0.2) is 4.39 Å². The number of aromatic amines is 1. The Morgan fingerprint density at radius 3 is 2.76 bits per heavy atom. The summed E-state index contributed by atoms with van der Waals surface area (Å²) in [6, 6.07) is 6.53. The molecule has 0 bridgehead atoms. The second-order valence-electron chi connectivity index (χ2n) is 4.32. The quantitative estimate of drug-likeness (QED) is 0.792. The van der Waals surface area contributed by atoms with E-state index >= 15 is 0 Å². The molecule has 0 radical (unpaired) electrons. The molecule has 0 fully saturated rings. The molecule has 1 aromatic heterocycles. The molecule has 17 heavy (non-hydrogen) atoms. The number of halogens is 1. The van der Waals surface area contributed by atoms with Gasteiger partial charge in [-0.15, -0.1) is 0 Å². The van der Waals surface area contributed by atoms with E-state index in [1.807, 2.05) is 0 Å². The molecule has 1 aliphatic heterocycles. The van der Waals surface area contributed by atoms with Gasteiger partial charge in [0, 0.05) is 17.7 Å². The predicted molar refractivity (Wildman–Crippen MR) is 65.4 cm³/mol. The normalized spacial score (nSPS) is 14.9. The third kappa shape index (κ3) is 1.90. The number of nitrogens with zero attached hydrogens (tertiary/aromatic N) is 1. The second-order valence-corrected chi connectivity index (χ2v) is 4.32. The lowest BCUT2D eigenvalue weighted by Gasteiger charge is -2.02. The highest BCUT2D eigenvalue weighted by Crippen LogP contribution is 2.29. The van der Waals surface area contributed by atoms with Gasteiger partial charge < -0.3 is 5.32 Å². The van der Waals surface area contributed by atoms with Gasteiger partial charge in [0.2, 0.25) is 0 Å². The van der Waals surface area contributed by atoms with Gasteiger partial charge in [-0.2, -0.15) is 5.10 Å². The number of benzene rings is 1. The number of H-pyrrole nitrogens is 1. The van der Waals surface area contributed by atoms with Crippen molar-refractivity contribution in [3.05, 3.63) is 35.6 Å². The molecule has 0 aliphatic carbocycles. The second kappa shape index (κ2) is 4.20. The van der Waals surface area contributed by atoms with Gasteiger partial charge in [0.25, 0.3) is 0 Å². The topological polar surface area (TPSA) is 40.7 Å². The summed E-state index contributed by atoms with van der Waals surface area (Å²) in [5.41, 5.74) is 3.22. The lowest BCUT2D eigenvalue weighted by Crippen LogP contribution is -1.99. The van der Waals surface area contributed by atoms with Crippen molar-refractivity contribution in [2.75, 3.05) is 11.9 Å². The van der Waals surface area contributed by atoms with Gasteiger partial charge >= 0.3 is 0 Å². The molecule has 88 valence electrons. The maximum Gasteiger partial charge on any atom is 0.151 e. The van der Waals surface area contributed by atoms with E-state index in [1.165, 1.54) is 24.1 Å². The Kier molecular flexibility index (Phi) is 2.55. The molecule has 3 nitrogen and oxygen atoms in total. The highest BCUT2D eigenvalue weighted by Gasteiger charge is 2.16. The van der Waals surface area contributed by atoms with Crippen LogP contribution < -0.4 is 5.32 Å². The number of anilines is 1. The van der Waals surface area contributed by atoms with Crippen molar-refractivity contribution in [1.29, 1.82) is 0 Å². The zero-order valence-corrected chi connectivity index (χ0v) is 9.46. The monoisotopic (exact) mass is 231 g/mol. The molecule has 0 atom stereocenters. The fraction of sp³-hybridized carbons (Fsp3) is 0.308. The van der Waals surface area contributed by atoms with Gasteiger partial charge in [-0.05, 0) is 43.5 Å². The van der Waals surface area contributed by atoms with Crippen LogP contribution in [-0.2, 0) is 6.42 Å². The fourth-order valence-corrected chi connectivity index (χ4v) is 2.24. The molecule has 1 aliphatic rings. The Balaban J connectivity index is 2.03. The standard InChI is InChI=1S/C13H14FN3/c14-10-6-4-9(5-7-10)12-11-3-1-2-8-15-13(11)17-16-12/h4-7H,1-3,8H2,(H2,15,16,17). The largest absolute Gasteiger partial charge is 0.368 e. The van der Waals surface area contributed by atoms with Crippen molar-refractivity contribution < 1.29 is 4.39 Å². The first-order chi connectivity index (χ1) is 8.34. The molecule has 0 saturated heterocycles. The van der Waals surface area contributed by atoms with Gasteiger partial charge in [0.15, 0.2) is 5.82 Å². The third-order valence-electron chi connectivity index (χ3n) is 3.15. The first-order valence-electron chi connectivity index (χ1n) is 5.91. The van der Waals surface area contributed by atoms with Crippen molar-refractivity contribution in [2.45, 2.75) is 19.3 Å². The minimum atomic E-state index is -0.211. The Bertz CT molecular complexity index is 516. The summed E-state index contributed by atoms with van der Waals surface area (Å²) < 4.78 is 12.9. The smallest absolute Gasteiger partial charge is 0.151 e. The van der Waals surface area contributed by atoms with Crippen molar-refractivity contribution in [3.8, 4) is 11.3 Å². The maximum absolute atomic E-state index is 12.9. The summed E-state index contributed by atoms with van der Waals surface area (Å²) in [7, 11) is 0. The van der Waals surface area contributed by atoms with Crippen LogP contribution in [0.4, 0.5) is 10.2 Å². The van der Waals surface area contributed by atoms with E-state index in [-0.39, 0.29) is 5.82 Å². The maximum atomic E-state index is 12.9. The summed E-state index contributed by atoms with van der Waals surface area (Å²) in [5.74, 6) is 0.735. The zero-order valence-electron chi connectivity index (χ0n) is 9.46. The fourth-order valence-electron chi connectivity index (χ4n) is 2.24. The molecule has 2 heterocycles. The van der Waals surface area contributed by atoms with Crippen LogP contribution >= 0.6 is 0 Å². The lowest BCUT2D eigenvalue weighted by atomic mass is 10.0. The molecule has 3 rings (SSSR count). The minimum absolute atomic E-state index is 0.211. The molecule has 4 heteroatoms. The van der Waals surface area contributed by atoms with E-state index < -0.39 is 0 Å². The SMILES string of the molecule is Fc1ccc(-c2[nH]nc3c2CCCCN3)cc1. The van der Waals surface area contributed by atoms with E-state index in [0.717, 1.165) is 36.5 Å². The van der Waals surface area contributed by atoms with Crippen LogP contribution in [0.15, 0.2) is 24.3 Å². The number of aromatic nitrogens is 2. The first-order valence-corrected chi connectivity index (χ1v) is 5.91.